The van der Waals surface area contributed by atoms with Crippen molar-refractivity contribution in [2.45, 2.75) is 70.7 Å². The van der Waals surface area contributed by atoms with Crippen molar-refractivity contribution in [1.29, 1.82) is 0 Å². The molecule has 29 heavy (non-hydrogen) atoms. The Balaban J connectivity index is 0.00000784. The summed E-state index contributed by atoms with van der Waals surface area (Å²) in [5, 5.41) is 0. The molecule has 0 aliphatic heterocycles. The molecule has 0 heterocycles. The number of hydrogen-bond donors (Lipinski definition) is 0. The summed E-state index contributed by atoms with van der Waals surface area (Å²) >= 11 is 0. The van der Waals surface area contributed by atoms with Crippen molar-refractivity contribution in [3.05, 3.63) is 35.4 Å². The average molecular weight is 437 g/mol. The maximum Gasteiger partial charge on any atom is 1.00 e. The molecule has 0 fully saturated rings. The zero-order chi connectivity index (χ0) is 21.0. The zero-order valence-corrected chi connectivity index (χ0v) is 20.3. The molecule has 1 unspecified atom stereocenters. The Labute approximate surface area is 195 Å². The number of benzene rings is 1. The van der Waals surface area contributed by atoms with E-state index in [0.717, 1.165) is 32.1 Å². The van der Waals surface area contributed by atoms with Crippen LogP contribution in [0.3, 0.4) is 0 Å². The summed E-state index contributed by atoms with van der Waals surface area (Å²) in [5.41, 5.74) is -1.92. The fourth-order valence-corrected chi connectivity index (χ4v) is 3.37. The van der Waals surface area contributed by atoms with Crippen LogP contribution in [0.1, 0.15) is 85.9 Å². The molecule has 0 spiro atoms. The van der Waals surface area contributed by atoms with E-state index in [2.05, 4.69) is 6.92 Å². The van der Waals surface area contributed by atoms with Gasteiger partial charge in [0.2, 0.25) is 0 Å². The van der Waals surface area contributed by atoms with Gasteiger partial charge in [-0.25, -0.2) is 18.0 Å². The summed E-state index contributed by atoms with van der Waals surface area (Å²) < 4.78 is 43.8. The van der Waals surface area contributed by atoms with E-state index in [0.29, 0.717) is 6.42 Å². The Morgan fingerprint density at radius 1 is 0.931 bits per heavy atom. The van der Waals surface area contributed by atoms with Gasteiger partial charge in [0, 0.05) is 0 Å². The van der Waals surface area contributed by atoms with Gasteiger partial charge in [-0.05, 0) is 25.0 Å². The number of rotatable bonds is 13. The number of esters is 2. The number of carbonyl (C=O) groups is 2. The van der Waals surface area contributed by atoms with E-state index in [4.69, 9.17) is 9.47 Å². The molecular formula is C20H29NaO7S. The van der Waals surface area contributed by atoms with Gasteiger partial charge in [0.05, 0.1) is 17.7 Å². The van der Waals surface area contributed by atoms with Crippen LogP contribution in [0.2, 0.25) is 0 Å². The third-order valence-corrected chi connectivity index (χ3v) is 5.16. The average Bonchev–Trinajstić information content (AvgIpc) is 2.66. The molecule has 0 aliphatic carbocycles. The van der Waals surface area contributed by atoms with Crippen molar-refractivity contribution in [2.24, 2.45) is 0 Å². The fraction of sp³-hybridized carbons (Fsp3) is 0.600. The molecule has 0 bridgehead atoms. The van der Waals surface area contributed by atoms with Crippen LogP contribution < -0.4 is 29.6 Å². The first-order valence-electron chi connectivity index (χ1n) is 9.73. The molecule has 1 rings (SSSR count). The normalized spacial score (nSPS) is 12.0. The maximum absolute atomic E-state index is 12.3. The van der Waals surface area contributed by atoms with Crippen molar-refractivity contribution >= 4 is 22.1 Å². The third-order valence-electron chi connectivity index (χ3n) is 4.18. The summed E-state index contributed by atoms with van der Waals surface area (Å²) in [6, 6.07) is 5.82. The Morgan fingerprint density at radius 2 is 1.48 bits per heavy atom. The minimum Gasteiger partial charge on any atom is -0.745 e. The van der Waals surface area contributed by atoms with Crippen LogP contribution in [0, 0.1) is 0 Å². The summed E-state index contributed by atoms with van der Waals surface area (Å²) in [5.74, 6) is -1.72. The number of unbranched alkanes of at least 4 members (excludes halogenated alkanes) is 5. The van der Waals surface area contributed by atoms with E-state index >= 15 is 0 Å². The molecule has 1 aromatic rings. The van der Waals surface area contributed by atoms with Gasteiger partial charge in [0.15, 0.2) is 5.44 Å². The second-order valence-corrected chi connectivity index (χ2v) is 8.08. The minimum absolute atomic E-state index is 0. The van der Waals surface area contributed by atoms with Crippen molar-refractivity contribution in [3.8, 4) is 0 Å². The smallest absolute Gasteiger partial charge is 0.745 e. The molecule has 0 saturated carbocycles. The summed E-state index contributed by atoms with van der Waals surface area (Å²) in [6.07, 6.45) is 6.51. The summed E-state index contributed by atoms with van der Waals surface area (Å²) in [6.45, 7) is 4.04. The van der Waals surface area contributed by atoms with Crippen LogP contribution >= 0.6 is 0 Å². The minimum atomic E-state index is -4.80. The molecule has 9 heteroatoms. The molecule has 0 N–H and O–H groups in total. The summed E-state index contributed by atoms with van der Waals surface area (Å²) in [4.78, 5) is 24.6. The van der Waals surface area contributed by atoms with Crippen LogP contribution in [0.25, 0.3) is 0 Å². The van der Waals surface area contributed by atoms with Crippen molar-refractivity contribution in [3.63, 3.8) is 0 Å². The van der Waals surface area contributed by atoms with Gasteiger partial charge in [0.25, 0.3) is 0 Å². The monoisotopic (exact) mass is 436 g/mol. The molecule has 0 aromatic heterocycles. The van der Waals surface area contributed by atoms with Gasteiger partial charge in [-0.3, -0.25) is 0 Å². The van der Waals surface area contributed by atoms with Gasteiger partial charge in [0.1, 0.15) is 10.1 Å². The van der Waals surface area contributed by atoms with E-state index in [1.54, 1.807) is 13.0 Å². The topological polar surface area (TPSA) is 110 Å². The predicted molar refractivity (Wildman–Crippen MR) is 104 cm³/mol. The Hall–Kier alpha value is -0.930. The van der Waals surface area contributed by atoms with Gasteiger partial charge < -0.3 is 14.0 Å². The number of carbonyl (C=O) groups excluding carboxylic acids is 2. The van der Waals surface area contributed by atoms with Gasteiger partial charge >= 0.3 is 41.5 Å². The first kappa shape index (κ1) is 28.1. The standard InChI is InChI=1S/C20H30O7S.Na/c1-3-5-6-7-8-11-15-26-19(21)16-13-9-10-14-17(16)20(22)27-18(12-4-2)28(23,24)25;/h9-10,13-14,18H,3-8,11-12,15H2,1-2H3,(H,23,24,25);/q;+1/p-1. The van der Waals surface area contributed by atoms with Crippen molar-refractivity contribution in [1.82, 2.24) is 0 Å². The molecule has 1 atom stereocenters. The van der Waals surface area contributed by atoms with E-state index in [9.17, 15) is 22.6 Å². The largest absolute Gasteiger partial charge is 1.00 e. The second-order valence-electron chi connectivity index (χ2n) is 6.57. The zero-order valence-electron chi connectivity index (χ0n) is 17.5. The van der Waals surface area contributed by atoms with Crippen LogP contribution in [0.15, 0.2) is 24.3 Å². The van der Waals surface area contributed by atoms with Gasteiger partial charge in [-0.2, -0.15) is 0 Å². The Bertz CT molecular complexity index is 734. The van der Waals surface area contributed by atoms with Crippen molar-refractivity contribution < 1.29 is 61.6 Å². The summed E-state index contributed by atoms with van der Waals surface area (Å²) in [7, 11) is -4.80. The quantitative estimate of drug-likeness (QED) is 0.197. The molecule has 0 radical (unpaired) electrons. The van der Waals surface area contributed by atoms with E-state index in [1.165, 1.54) is 24.6 Å². The third kappa shape index (κ3) is 10.6. The first-order chi connectivity index (χ1) is 13.3. The number of hydrogen-bond acceptors (Lipinski definition) is 7. The van der Waals surface area contributed by atoms with Crippen LogP contribution in [-0.4, -0.2) is 37.0 Å². The predicted octanol–water partition coefficient (Wildman–Crippen LogP) is 1.04. The Morgan fingerprint density at radius 3 is 2.03 bits per heavy atom. The molecule has 158 valence electrons. The van der Waals surface area contributed by atoms with Gasteiger partial charge in [-0.1, -0.05) is 64.5 Å². The molecule has 0 saturated heterocycles. The van der Waals surface area contributed by atoms with Gasteiger partial charge in [-0.15, -0.1) is 0 Å². The molecule has 0 aliphatic rings. The van der Waals surface area contributed by atoms with Crippen LogP contribution in [0.5, 0.6) is 0 Å². The molecular weight excluding hydrogens is 407 g/mol. The van der Waals surface area contributed by atoms with Crippen molar-refractivity contribution in [2.75, 3.05) is 6.61 Å². The van der Waals surface area contributed by atoms with E-state index in [-0.39, 0.29) is 53.7 Å². The molecule has 0 amide bonds. The SMILES string of the molecule is CCCCCCCCOC(=O)c1ccccc1C(=O)OC(CCC)S(=O)(=O)[O-].[Na+]. The number of ether oxygens (including phenoxy) is 2. The van der Waals surface area contributed by atoms with Crippen LogP contribution in [-0.2, 0) is 19.6 Å². The maximum atomic E-state index is 12.3. The van der Waals surface area contributed by atoms with E-state index in [1.807, 2.05) is 0 Å². The molecule has 1 aromatic carbocycles. The first-order valence-corrected chi connectivity index (χ1v) is 11.2. The Kier molecular flexibility index (Phi) is 14.5. The second kappa shape index (κ2) is 15.0. The molecule has 7 nitrogen and oxygen atoms in total. The fourth-order valence-electron chi connectivity index (χ4n) is 2.64. The van der Waals surface area contributed by atoms with Crippen LogP contribution in [0.4, 0.5) is 0 Å². The van der Waals surface area contributed by atoms with E-state index < -0.39 is 27.5 Å².